The fourth-order valence-corrected chi connectivity index (χ4v) is 12.7. The lowest BCUT2D eigenvalue weighted by Gasteiger charge is -2.50. The Morgan fingerprint density at radius 1 is 0.917 bits per heavy atom. The van der Waals surface area contributed by atoms with Gasteiger partial charge < -0.3 is 82.4 Å². The van der Waals surface area contributed by atoms with Gasteiger partial charge in [-0.3, -0.25) is 9.69 Å². The molecule has 0 aliphatic carbocycles. The number of methoxy groups -OCH3 is 4. The average molecular weight is 1200 g/mol. The summed E-state index contributed by atoms with van der Waals surface area (Å²) in [6, 6.07) is 5.70. The summed E-state index contributed by atoms with van der Waals surface area (Å²) < 4.78 is 78.5. The molecule has 2 amide bonds. The topological polar surface area (TPSA) is 269 Å². The Balaban J connectivity index is 1.28. The molecule has 0 spiro atoms. The number of likely N-dealkylation sites (N-methyl/N-ethyl adjacent to an activating group) is 1. The predicted molar refractivity (Wildman–Crippen MR) is 307 cm³/mol. The number of benzene rings is 1. The minimum Gasteiger partial charge on any atom is -0.459 e. The third kappa shape index (κ3) is 15.8. The van der Waals surface area contributed by atoms with E-state index in [4.69, 9.17) is 52.2 Å². The van der Waals surface area contributed by atoms with Gasteiger partial charge in [0.2, 0.25) is 6.79 Å². The number of esters is 1. The molecular weight excluding hydrogens is 1100 g/mol. The van der Waals surface area contributed by atoms with E-state index in [2.05, 4.69) is 15.5 Å². The highest BCUT2D eigenvalue weighted by Gasteiger charge is 2.54. The van der Waals surface area contributed by atoms with Gasteiger partial charge in [0.15, 0.2) is 12.6 Å². The Morgan fingerprint density at radius 3 is 2.19 bits per heavy atom. The monoisotopic (exact) mass is 1200 g/mol. The number of nitrogens with zero attached hydrogens (tertiary/aromatic N) is 7. The lowest BCUT2D eigenvalue weighted by Crippen LogP contribution is -2.61. The molecule has 0 radical (unpaired) electrons. The Labute approximate surface area is 495 Å². The number of rotatable bonds is 20. The maximum Gasteiger partial charge on any atom is 0.324 e. The number of hydrogen-bond acceptors (Lipinski definition) is 21. The Kier molecular flexibility index (Phi) is 24.9. The molecule has 4 saturated heterocycles. The van der Waals surface area contributed by atoms with Crippen molar-refractivity contribution in [2.75, 3.05) is 93.8 Å². The third-order valence-electron chi connectivity index (χ3n) is 18.1. The largest absolute Gasteiger partial charge is 0.459 e. The van der Waals surface area contributed by atoms with Crippen molar-refractivity contribution >= 4 is 23.4 Å². The van der Waals surface area contributed by atoms with Crippen LogP contribution in [0.2, 0.25) is 0 Å². The second-order valence-electron chi connectivity index (χ2n) is 24.1. The van der Waals surface area contributed by atoms with Crippen LogP contribution in [0.4, 0.5) is 14.9 Å². The molecule has 20 atom stereocenters. The maximum absolute atomic E-state index is 15.1. The van der Waals surface area contributed by atoms with Gasteiger partial charge in [0.1, 0.15) is 42.7 Å². The van der Waals surface area contributed by atoms with E-state index in [-0.39, 0.29) is 32.1 Å². The maximum atomic E-state index is 15.1. The molecule has 0 unspecified atom stereocenters. The number of halogens is 1. The minimum atomic E-state index is -1.98. The van der Waals surface area contributed by atoms with E-state index in [1.807, 2.05) is 51.8 Å². The molecule has 1 aromatic heterocycles. The summed E-state index contributed by atoms with van der Waals surface area (Å²) in [5, 5.41) is 61.2. The zero-order valence-electron chi connectivity index (χ0n) is 52.3. The first kappa shape index (κ1) is 69.0. The van der Waals surface area contributed by atoms with Gasteiger partial charge in [-0.1, -0.05) is 50.2 Å². The molecular formula is C59H98FN7O17. The van der Waals surface area contributed by atoms with E-state index < -0.39 is 133 Å². The molecule has 478 valence electrons. The number of alkyl halides is 1. The summed E-state index contributed by atoms with van der Waals surface area (Å²) in [6.07, 6.45) is -8.48. The summed E-state index contributed by atoms with van der Waals surface area (Å²) in [6.45, 7) is 18.8. The standard InChI is InChI=1S/C59H98FN7O17/c1-17-45-59(10,73)51(69)36(4)47(62-79-33-74-13)34(2)29-58(9,77-16)53(37(5)49(38(6)54(71)82-45)83-46-30-57(8,76-15)52(70)39(7)81-46)84-55-48(68)43(28-35(3)80-55)64(11)23-22-41-32-67(63-61-41)44(31-60)50(75-14)40-18-20-42(21-19-40)65(12)56(72)66-24-26-78-27-25-66/h18-21,32,34-39,43-46,48-53,55,68-70,73H,17,22-31,33H2,1-16H3/b62-47+/t34-,35-,36+,37+,38-,39+,43+,44-,45-,46+,48-,49+,50-,51-,52+,53-,55+,57-,58-,59-/m1/s1. The van der Waals surface area contributed by atoms with Crippen LogP contribution >= 0.6 is 0 Å². The first-order chi connectivity index (χ1) is 39.7. The first-order valence-corrected chi connectivity index (χ1v) is 29.5. The van der Waals surface area contributed by atoms with E-state index in [9.17, 15) is 30.0 Å². The van der Waals surface area contributed by atoms with Crippen LogP contribution in [0.3, 0.4) is 0 Å². The number of morpholine rings is 1. The minimum absolute atomic E-state index is 0.0756. The van der Waals surface area contributed by atoms with Crippen LogP contribution in [0.5, 0.6) is 0 Å². The summed E-state index contributed by atoms with van der Waals surface area (Å²) in [7, 11) is 9.58. The SMILES string of the molecule is CC[C@H]1OC(=O)[C@H](C)[C@@H](O[C@H]2C[C@@](C)(OC)[C@@H](O)[C@H](C)O2)[C@H](C)[C@@H](O[C@@H]2O[C@H](C)C[C@H](N(C)CCc3cn([C@H](CF)[C@H](OC)c4ccc(N(C)C(=O)N5CCOCC5)cc4)nn3)[C@H]2O)[C@](C)(OC)C[C@@H](C)/C(=N\OCOC)[C@H](C)[C@@H](O)[C@]1(C)O. The van der Waals surface area contributed by atoms with Gasteiger partial charge in [-0.15, -0.1) is 5.10 Å². The highest BCUT2D eigenvalue weighted by molar-refractivity contribution is 5.91. The van der Waals surface area contributed by atoms with Gasteiger partial charge in [-0.25, -0.2) is 13.9 Å². The number of carbonyl (C=O) groups excluding carboxylic acids is 2. The van der Waals surface area contributed by atoms with Crippen LogP contribution in [-0.4, -0.2) is 236 Å². The highest BCUT2D eigenvalue weighted by atomic mass is 19.1. The molecule has 0 saturated carbocycles. The van der Waals surface area contributed by atoms with Crippen molar-refractivity contribution in [2.24, 2.45) is 28.8 Å². The van der Waals surface area contributed by atoms with Crippen LogP contribution in [0.25, 0.3) is 0 Å². The van der Waals surface area contributed by atoms with Crippen LogP contribution < -0.4 is 4.90 Å². The van der Waals surface area contributed by atoms with Crippen molar-refractivity contribution in [3.63, 3.8) is 0 Å². The molecule has 0 bridgehead atoms. The number of ether oxygens (including phenoxy) is 10. The molecule has 24 nitrogen and oxygen atoms in total. The van der Waals surface area contributed by atoms with Crippen molar-refractivity contribution in [3.8, 4) is 0 Å². The predicted octanol–water partition coefficient (Wildman–Crippen LogP) is 4.84. The number of aromatic nitrogens is 3. The number of carbonyl (C=O) groups is 2. The summed E-state index contributed by atoms with van der Waals surface area (Å²) in [5.74, 6) is -4.05. The molecule has 25 heteroatoms. The van der Waals surface area contributed by atoms with Gasteiger partial charge in [0, 0.05) is 104 Å². The second kappa shape index (κ2) is 30.2. The quantitative estimate of drug-likeness (QED) is 0.0598. The molecule has 6 rings (SSSR count). The smallest absolute Gasteiger partial charge is 0.324 e. The summed E-state index contributed by atoms with van der Waals surface area (Å²) in [5.41, 5.74) is -2.11. The third-order valence-corrected chi connectivity index (χ3v) is 18.1. The number of anilines is 1. The Bertz CT molecular complexity index is 2410. The van der Waals surface area contributed by atoms with Crippen LogP contribution in [0.15, 0.2) is 35.6 Å². The lowest BCUT2D eigenvalue weighted by molar-refractivity contribution is -0.319. The summed E-state index contributed by atoms with van der Waals surface area (Å²) >= 11 is 0. The van der Waals surface area contributed by atoms with Crippen molar-refractivity contribution in [1.82, 2.24) is 24.8 Å². The summed E-state index contributed by atoms with van der Waals surface area (Å²) in [4.78, 5) is 38.8. The highest BCUT2D eigenvalue weighted by Crippen LogP contribution is 2.43. The van der Waals surface area contributed by atoms with Crippen LogP contribution in [0, 0.1) is 23.7 Å². The Morgan fingerprint density at radius 2 is 1.58 bits per heavy atom. The molecule has 5 heterocycles. The number of hydrogen-bond donors (Lipinski definition) is 4. The molecule has 4 fully saturated rings. The van der Waals surface area contributed by atoms with E-state index >= 15 is 4.39 Å². The van der Waals surface area contributed by atoms with Gasteiger partial charge in [-0.05, 0) is 85.5 Å². The van der Waals surface area contributed by atoms with Crippen LogP contribution in [0.1, 0.15) is 118 Å². The first-order valence-electron chi connectivity index (χ1n) is 29.5. The van der Waals surface area contributed by atoms with E-state index in [1.165, 1.54) is 40.0 Å². The van der Waals surface area contributed by atoms with Crippen molar-refractivity contribution in [3.05, 3.63) is 41.7 Å². The van der Waals surface area contributed by atoms with Gasteiger partial charge in [-0.2, -0.15) is 0 Å². The normalized spacial score (nSPS) is 37.1. The fraction of sp³-hybridized carbons (Fsp3) is 0.814. The molecule has 4 aliphatic rings. The van der Waals surface area contributed by atoms with Crippen molar-refractivity contribution < 1.29 is 86.6 Å². The number of oxime groups is 1. The van der Waals surface area contributed by atoms with Gasteiger partial charge in [0.25, 0.3) is 0 Å². The van der Waals surface area contributed by atoms with E-state index in [0.29, 0.717) is 68.3 Å². The zero-order valence-corrected chi connectivity index (χ0v) is 52.3. The van der Waals surface area contributed by atoms with Gasteiger partial charge >= 0.3 is 12.0 Å². The van der Waals surface area contributed by atoms with Gasteiger partial charge in [0.05, 0.1) is 72.3 Å². The molecule has 1 aromatic carbocycles. The molecule has 4 aliphatic heterocycles. The van der Waals surface area contributed by atoms with E-state index in [1.54, 1.807) is 69.8 Å². The average Bonchev–Trinajstić information content (AvgIpc) is 2.40. The molecule has 2 aromatic rings. The molecule has 84 heavy (non-hydrogen) atoms. The number of cyclic esters (lactones) is 1. The number of aliphatic hydroxyl groups is 4. The van der Waals surface area contributed by atoms with Crippen LogP contribution in [-0.2, 0) is 63.4 Å². The second-order valence-corrected chi connectivity index (χ2v) is 24.1. The van der Waals surface area contributed by atoms with Crippen molar-refractivity contribution in [1.29, 1.82) is 0 Å². The van der Waals surface area contributed by atoms with E-state index in [0.717, 1.165) is 0 Å². The fourth-order valence-electron chi connectivity index (χ4n) is 12.7. The zero-order chi connectivity index (χ0) is 62.0. The number of amides is 2. The Hall–Kier alpha value is -4.06. The number of aliphatic hydroxyl groups excluding tert-OH is 3. The number of urea groups is 1. The van der Waals surface area contributed by atoms with Crippen molar-refractivity contribution in [2.45, 2.75) is 198 Å². The molecule has 4 N–H and O–H groups in total. The lowest BCUT2D eigenvalue weighted by atomic mass is 9.73.